The van der Waals surface area contributed by atoms with E-state index in [1.54, 1.807) is 12.1 Å². The highest BCUT2D eigenvalue weighted by molar-refractivity contribution is 9.10. The first-order valence-electron chi connectivity index (χ1n) is 8.45. The summed E-state index contributed by atoms with van der Waals surface area (Å²) in [4.78, 5) is 37.8. The number of hydrogen-bond acceptors (Lipinski definition) is 4. The van der Waals surface area contributed by atoms with Gasteiger partial charge < -0.3 is 5.32 Å². The van der Waals surface area contributed by atoms with Crippen LogP contribution in [0.15, 0.2) is 57.9 Å². The molecule has 0 radical (unpaired) electrons. The minimum atomic E-state index is -0.488. The number of amides is 3. The average Bonchev–Trinajstić information content (AvgIpc) is 2.93. The van der Waals surface area contributed by atoms with Crippen LogP contribution in [-0.2, 0) is 16.0 Å². The number of carbonyl (C=O) groups is 3. The Kier molecular flexibility index (Phi) is 6.64. The van der Waals surface area contributed by atoms with E-state index < -0.39 is 17.0 Å². The van der Waals surface area contributed by atoms with Crippen LogP contribution in [0.25, 0.3) is 6.08 Å². The Morgan fingerprint density at radius 1 is 1.14 bits per heavy atom. The minimum Gasteiger partial charge on any atom is -0.354 e. The molecule has 144 valence electrons. The molecule has 8 heteroatoms. The third-order valence-corrected chi connectivity index (χ3v) is 5.71. The van der Waals surface area contributed by atoms with E-state index in [1.807, 2.05) is 24.3 Å². The van der Waals surface area contributed by atoms with Crippen LogP contribution in [0.4, 0.5) is 9.18 Å². The topological polar surface area (TPSA) is 66.5 Å². The van der Waals surface area contributed by atoms with Gasteiger partial charge in [0.1, 0.15) is 5.82 Å². The van der Waals surface area contributed by atoms with Crippen LogP contribution < -0.4 is 5.32 Å². The Morgan fingerprint density at radius 2 is 1.86 bits per heavy atom. The van der Waals surface area contributed by atoms with Crippen molar-refractivity contribution in [3.63, 3.8) is 0 Å². The van der Waals surface area contributed by atoms with Gasteiger partial charge in [-0.15, -0.1) is 0 Å². The smallest absolute Gasteiger partial charge is 0.293 e. The fourth-order valence-corrected chi connectivity index (χ4v) is 3.89. The van der Waals surface area contributed by atoms with Gasteiger partial charge in [-0.2, -0.15) is 0 Å². The number of nitrogens with one attached hydrogen (secondary N) is 1. The molecule has 0 bridgehead atoms. The normalized spacial score (nSPS) is 15.4. The maximum Gasteiger partial charge on any atom is 0.293 e. The number of halogens is 2. The highest BCUT2D eigenvalue weighted by atomic mass is 79.9. The number of benzene rings is 2. The molecule has 0 aliphatic carbocycles. The van der Waals surface area contributed by atoms with E-state index >= 15 is 0 Å². The van der Waals surface area contributed by atoms with Gasteiger partial charge in [-0.05, 0) is 35.5 Å². The summed E-state index contributed by atoms with van der Waals surface area (Å²) in [6, 6.07) is 13.4. The fourth-order valence-electron chi connectivity index (χ4n) is 2.61. The number of carbonyl (C=O) groups excluding carboxylic acids is 3. The van der Waals surface area contributed by atoms with E-state index in [1.165, 1.54) is 18.2 Å². The first-order valence-corrected chi connectivity index (χ1v) is 10.1. The molecule has 28 heavy (non-hydrogen) atoms. The second-order valence-electron chi connectivity index (χ2n) is 5.97. The molecule has 3 amide bonds. The molecule has 1 heterocycles. The molecular weight excluding hydrogens is 447 g/mol. The van der Waals surface area contributed by atoms with E-state index in [4.69, 9.17) is 0 Å². The van der Waals surface area contributed by atoms with Crippen molar-refractivity contribution in [3.8, 4) is 0 Å². The molecule has 0 saturated carbocycles. The number of rotatable bonds is 6. The molecule has 0 spiro atoms. The van der Waals surface area contributed by atoms with E-state index in [9.17, 15) is 18.8 Å². The molecule has 1 aliphatic rings. The highest BCUT2D eigenvalue weighted by Crippen LogP contribution is 2.32. The molecule has 2 aromatic carbocycles. The van der Waals surface area contributed by atoms with Gasteiger partial charge in [-0.25, -0.2) is 4.39 Å². The maximum atomic E-state index is 13.7. The quantitative estimate of drug-likeness (QED) is 0.659. The van der Waals surface area contributed by atoms with E-state index in [0.717, 1.165) is 26.7 Å². The van der Waals surface area contributed by atoms with Gasteiger partial charge >= 0.3 is 0 Å². The molecule has 1 saturated heterocycles. The molecule has 0 atom stereocenters. The zero-order chi connectivity index (χ0) is 20.1. The van der Waals surface area contributed by atoms with Gasteiger partial charge in [0.2, 0.25) is 5.91 Å². The van der Waals surface area contributed by atoms with Gasteiger partial charge in [0.05, 0.1) is 11.3 Å². The predicted octanol–water partition coefficient (Wildman–Crippen LogP) is 3.98. The molecule has 0 unspecified atom stereocenters. The van der Waals surface area contributed by atoms with Crippen molar-refractivity contribution in [2.45, 2.75) is 6.42 Å². The molecule has 3 rings (SSSR count). The highest BCUT2D eigenvalue weighted by Gasteiger charge is 2.34. The molecule has 2 aromatic rings. The number of thioether (sulfide) groups is 1. The summed E-state index contributed by atoms with van der Waals surface area (Å²) in [5.41, 5.74) is 1.09. The predicted molar refractivity (Wildman–Crippen MR) is 110 cm³/mol. The monoisotopic (exact) mass is 462 g/mol. The summed E-state index contributed by atoms with van der Waals surface area (Å²) >= 11 is 4.15. The summed E-state index contributed by atoms with van der Waals surface area (Å²) in [5, 5.41) is 2.27. The number of hydrogen-bond donors (Lipinski definition) is 1. The third kappa shape index (κ3) is 4.88. The van der Waals surface area contributed by atoms with Gasteiger partial charge in [-0.1, -0.05) is 52.3 Å². The van der Waals surface area contributed by atoms with Crippen LogP contribution in [0.1, 0.15) is 11.1 Å². The largest absolute Gasteiger partial charge is 0.354 e. The lowest BCUT2D eigenvalue weighted by molar-refractivity contribution is -0.124. The van der Waals surface area contributed by atoms with Gasteiger partial charge in [0.25, 0.3) is 11.1 Å². The van der Waals surface area contributed by atoms with Crippen molar-refractivity contribution in [2.75, 3.05) is 13.1 Å². The van der Waals surface area contributed by atoms with Crippen molar-refractivity contribution in [1.29, 1.82) is 0 Å². The van der Waals surface area contributed by atoms with Crippen LogP contribution in [-0.4, -0.2) is 35.0 Å². The minimum absolute atomic E-state index is 0.0565. The Hall–Kier alpha value is -2.45. The average molecular weight is 463 g/mol. The second kappa shape index (κ2) is 9.16. The Labute approximate surface area is 174 Å². The lowest BCUT2D eigenvalue weighted by Crippen LogP contribution is -2.37. The number of nitrogens with zero attached hydrogens (tertiary/aromatic N) is 1. The van der Waals surface area contributed by atoms with E-state index in [2.05, 4.69) is 21.2 Å². The lowest BCUT2D eigenvalue weighted by atomic mass is 10.1. The molecule has 1 aliphatic heterocycles. The molecule has 5 nitrogen and oxygen atoms in total. The van der Waals surface area contributed by atoms with Crippen LogP contribution in [0.5, 0.6) is 0 Å². The summed E-state index contributed by atoms with van der Waals surface area (Å²) in [7, 11) is 0. The Morgan fingerprint density at radius 3 is 2.61 bits per heavy atom. The van der Waals surface area contributed by atoms with Crippen LogP contribution in [0.2, 0.25) is 0 Å². The summed E-state index contributed by atoms with van der Waals surface area (Å²) in [6.07, 6.45) is 1.56. The fraction of sp³-hybridized carbons (Fsp3) is 0.150. The van der Waals surface area contributed by atoms with Crippen LogP contribution in [0.3, 0.4) is 0 Å². The second-order valence-corrected chi connectivity index (χ2v) is 7.82. The zero-order valence-corrected chi connectivity index (χ0v) is 17.1. The van der Waals surface area contributed by atoms with Crippen molar-refractivity contribution in [1.82, 2.24) is 10.2 Å². The zero-order valence-electron chi connectivity index (χ0n) is 14.7. The standard InChI is InChI=1S/C20H16BrFN2O3S/c21-15-7-3-1-5-13(15)12-18(25)23-9-10-24-19(26)17(28-20(24)27)11-14-6-2-4-8-16(14)22/h1-8,11H,9-10,12H2,(H,23,25). The molecule has 0 aromatic heterocycles. The first kappa shape index (κ1) is 20.3. The number of imide groups is 1. The Bertz CT molecular complexity index is 964. The van der Waals surface area contributed by atoms with E-state index in [-0.39, 0.29) is 35.9 Å². The lowest BCUT2D eigenvalue weighted by Gasteiger charge is -2.13. The van der Waals surface area contributed by atoms with Crippen LogP contribution >= 0.6 is 27.7 Å². The van der Waals surface area contributed by atoms with Gasteiger partial charge in [0, 0.05) is 23.1 Å². The summed E-state index contributed by atoms with van der Waals surface area (Å²) < 4.78 is 14.6. The molecule has 1 N–H and O–H groups in total. The van der Waals surface area contributed by atoms with Crippen molar-refractivity contribution >= 4 is 50.8 Å². The molecule has 1 fully saturated rings. The Balaban J connectivity index is 1.56. The van der Waals surface area contributed by atoms with Crippen LogP contribution in [0, 0.1) is 5.82 Å². The SMILES string of the molecule is O=C(Cc1ccccc1Br)NCCN1C(=O)SC(=Cc2ccccc2F)C1=O. The van der Waals surface area contributed by atoms with E-state index in [0.29, 0.717) is 0 Å². The van der Waals surface area contributed by atoms with Crippen molar-refractivity contribution in [3.05, 3.63) is 74.9 Å². The molecular formula is C20H16BrFN2O3S. The summed E-state index contributed by atoms with van der Waals surface area (Å²) in [5.74, 6) is -1.16. The van der Waals surface area contributed by atoms with Gasteiger partial charge in [0.15, 0.2) is 0 Å². The van der Waals surface area contributed by atoms with Crippen molar-refractivity contribution in [2.24, 2.45) is 0 Å². The van der Waals surface area contributed by atoms with Crippen molar-refractivity contribution < 1.29 is 18.8 Å². The first-order chi connectivity index (χ1) is 13.5. The summed E-state index contributed by atoms with van der Waals surface area (Å²) in [6.45, 7) is 0.204. The van der Waals surface area contributed by atoms with Gasteiger partial charge in [-0.3, -0.25) is 19.3 Å². The third-order valence-electron chi connectivity index (χ3n) is 4.03. The maximum absolute atomic E-state index is 13.7.